The van der Waals surface area contributed by atoms with E-state index in [-0.39, 0.29) is 0 Å². The zero-order chi connectivity index (χ0) is 10.7. The summed E-state index contributed by atoms with van der Waals surface area (Å²) in [5, 5.41) is 0. The summed E-state index contributed by atoms with van der Waals surface area (Å²) in [6, 6.07) is 10.1. The van der Waals surface area contributed by atoms with Gasteiger partial charge in [-0.3, -0.25) is 0 Å². The fourth-order valence-electron chi connectivity index (χ4n) is 1.63. The summed E-state index contributed by atoms with van der Waals surface area (Å²) in [5.74, 6) is 1.50. The molecule has 2 nitrogen and oxygen atoms in total. The molecule has 0 aliphatic heterocycles. The zero-order valence-corrected chi connectivity index (χ0v) is 9.10. The smallest absolute Gasteiger partial charge is 0.181 e. The van der Waals surface area contributed by atoms with Crippen molar-refractivity contribution in [1.82, 2.24) is 4.98 Å². The topological polar surface area (TPSA) is 26.0 Å². The van der Waals surface area contributed by atoms with Gasteiger partial charge in [0.05, 0.1) is 5.69 Å². The van der Waals surface area contributed by atoms with Crippen molar-refractivity contribution in [2.45, 2.75) is 20.3 Å². The van der Waals surface area contributed by atoms with E-state index >= 15 is 0 Å². The van der Waals surface area contributed by atoms with Crippen LogP contribution in [-0.2, 0) is 6.42 Å². The van der Waals surface area contributed by atoms with Gasteiger partial charge in [-0.15, -0.1) is 0 Å². The van der Waals surface area contributed by atoms with Gasteiger partial charge in [0.15, 0.2) is 12.2 Å². The van der Waals surface area contributed by atoms with Crippen molar-refractivity contribution in [2.24, 2.45) is 5.92 Å². The summed E-state index contributed by atoms with van der Waals surface area (Å²) in [5.41, 5.74) is 2.15. The first kappa shape index (κ1) is 9.97. The summed E-state index contributed by atoms with van der Waals surface area (Å²) in [7, 11) is 0. The van der Waals surface area contributed by atoms with Gasteiger partial charge in [0, 0.05) is 5.56 Å². The summed E-state index contributed by atoms with van der Waals surface area (Å²) in [6.45, 7) is 4.37. The molecule has 0 saturated heterocycles. The molecule has 0 unspecified atom stereocenters. The molecule has 0 spiro atoms. The first-order chi connectivity index (χ1) is 7.27. The molecule has 78 valence electrons. The van der Waals surface area contributed by atoms with Gasteiger partial charge in [0.25, 0.3) is 0 Å². The molecule has 0 amide bonds. The van der Waals surface area contributed by atoms with Crippen LogP contribution in [-0.4, -0.2) is 4.98 Å². The van der Waals surface area contributed by atoms with E-state index in [1.807, 2.05) is 30.3 Å². The number of hydrogen-bond acceptors (Lipinski definition) is 2. The standard InChI is InChI=1S/C13H15NO/c1-10(2)8-12-13(15-9-14-12)11-6-4-3-5-7-11/h3-7,9-10H,8H2,1-2H3. The van der Waals surface area contributed by atoms with E-state index in [0.717, 1.165) is 23.4 Å². The Balaban J connectivity index is 2.33. The zero-order valence-electron chi connectivity index (χ0n) is 9.10. The summed E-state index contributed by atoms with van der Waals surface area (Å²) < 4.78 is 5.44. The van der Waals surface area contributed by atoms with Crippen molar-refractivity contribution >= 4 is 0 Å². The van der Waals surface area contributed by atoms with Gasteiger partial charge < -0.3 is 4.42 Å². The molecule has 2 heteroatoms. The quantitative estimate of drug-likeness (QED) is 0.759. The SMILES string of the molecule is CC(C)Cc1ncoc1-c1ccccc1. The molecule has 2 rings (SSSR count). The highest BCUT2D eigenvalue weighted by Crippen LogP contribution is 2.24. The summed E-state index contributed by atoms with van der Waals surface area (Å²) in [6.07, 6.45) is 2.49. The van der Waals surface area contributed by atoms with Gasteiger partial charge in [-0.05, 0) is 12.3 Å². The van der Waals surface area contributed by atoms with Gasteiger partial charge >= 0.3 is 0 Å². The Labute approximate surface area is 90.0 Å². The largest absolute Gasteiger partial charge is 0.443 e. The van der Waals surface area contributed by atoms with Crippen LogP contribution in [0, 0.1) is 5.92 Å². The first-order valence-electron chi connectivity index (χ1n) is 5.25. The lowest BCUT2D eigenvalue weighted by molar-refractivity contribution is 0.568. The Morgan fingerprint density at radius 3 is 2.60 bits per heavy atom. The normalized spacial score (nSPS) is 10.9. The van der Waals surface area contributed by atoms with E-state index in [1.165, 1.54) is 6.39 Å². The molecule has 1 heterocycles. The van der Waals surface area contributed by atoms with Crippen LogP contribution in [0.5, 0.6) is 0 Å². The molecule has 1 aromatic carbocycles. The second-order valence-electron chi connectivity index (χ2n) is 4.09. The third-order valence-corrected chi connectivity index (χ3v) is 2.28. The number of hydrogen-bond donors (Lipinski definition) is 0. The molecule has 0 aliphatic carbocycles. The van der Waals surface area contributed by atoms with Crippen LogP contribution in [0.3, 0.4) is 0 Å². The maximum absolute atomic E-state index is 5.44. The van der Waals surface area contributed by atoms with Crippen LogP contribution in [0.1, 0.15) is 19.5 Å². The molecule has 0 bridgehead atoms. The van der Waals surface area contributed by atoms with Crippen molar-refractivity contribution in [1.29, 1.82) is 0 Å². The molecule has 15 heavy (non-hydrogen) atoms. The molecular formula is C13H15NO. The Hall–Kier alpha value is -1.57. The summed E-state index contributed by atoms with van der Waals surface area (Å²) in [4.78, 5) is 4.27. The molecule has 0 N–H and O–H groups in total. The third-order valence-electron chi connectivity index (χ3n) is 2.28. The van der Waals surface area contributed by atoms with Gasteiger partial charge in [-0.25, -0.2) is 4.98 Å². The minimum Gasteiger partial charge on any atom is -0.443 e. The van der Waals surface area contributed by atoms with Crippen molar-refractivity contribution in [3.63, 3.8) is 0 Å². The number of aromatic nitrogens is 1. The van der Waals surface area contributed by atoms with Gasteiger partial charge in [-0.1, -0.05) is 44.2 Å². The van der Waals surface area contributed by atoms with E-state index in [4.69, 9.17) is 4.42 Å². The lowest BCUT2D eigenvalue weighted by Crippen LogP contribution is -1.95. The fourth-order valence-corrected chi connectivity index (χ4v) is 1.63. The number of benzene rings is 1. The monoisotopic (exact) mass is 201 g/mol. The highest BCUT2D eigenvalue weighted by atomic mass is 16.3. The predicted molar refractivity (Wildman–Crippen MR) is 60.5 cm³/mol. The second-order valence-corrected chi connectivity index (χ2v) is 4.09. The minimum absolute atomic E-state index is 0.595. The third kappa shape index (κ3) is 2.27. The van der Waals surface area contributed by atoms with Gasteiger partial charge in [0.2, 0.25) is 0 Å². The van der Waals surface area contributed by atoms with Crippen LogP contribution < -0.4 is 0 Å². The maximum Gasteiger partial charge on any atom is 0.181 e. The van der Waals surface area contributed by atoms with E-state index in [2.05, 4.69) is 18.8 Å². The first-order valence-corrected chi connectivity index (χ1v) is 5.25. The minimum atomic E-state index is 0.595. The van der Waals surface area contributed by atoms with Crippen molar-refractivity contribution < 1.29 is 4.42 Å². The Morgan fingerprint density at radius 1 is 1.20 bits per heavy atom. The molecule has 0 radical (unpaired) electrons. The van der Waals surface area contributed by atoms with E-state index in [0.29, 0.717) is 5.92 Å². The van der Waals surface area contributed by atoms with Crippen LogP contribution >= 0.6 is 0 Å². The number of nitrogens with zero attached hydrogens (tertiary/aromatic N) is 1. The van der Waals surface area contributed by atoms with Crippen LogP contribution in [0.15, 0.2) is 41.1 Å². The molecule has 1 aromatic heterocycles. The Kier molecular flexibility index (Phi) is 2.86. The fraction of sp³-hybridized carbons (Fsp3) is 0.308. The molecule has 0 aliphatic rings. The van der Waals surface area contributed by atoms with Gasteiger partial charge in [0.1, 0.15) is 0 Å². The lowest BCUT2D eigenvalue weighted by atomic mass is 10.0. The van der Waals surface area contributed by atoms with Crippen LogP contribution in [0.2, 0.25) is 0 Å². The number of oxazole rings is 1. The highest BCUT2D eigenvalue weighted by Gasteiger charge is 2.11. The lowest BCUT2D eigenvalue weighted by Gasteiger charge is -2.03. The predicted octanol–water partition coefficient (Wildman–Crippen LogP) is 3.54. The second kappa shape index (κ2) is 4.30. The van der Waals surface area contributed by atoms with E-state index in [1.54, 1.807) is 0 Å². The molecule has 0 saturated carbocycles. The molecular weight excluding hydrogens is 186 g/mol. The van der Waals surface area contributed by atoms with Crippen LogP contribution in [0.25, 0.3) is 11.3 Å². The molecule has 2 aromatic rings. The van der Waals surface area contributed by atoms with Gasteiger partial charge in [-0.2, -0.15) is 0 Å². The summed E-state index contributed by atoms with van der Waals surface area (Å²) >= 11 is 0. The highest BCUT2D eigenvalue weighted by molar-refractivity contribution is 5.59. The van der Waals surface area contributed by atoms with Crippen molar-refractivity contribution in [2.75, 3.05) is 0 Å². The number of rotatable bonds is 3. The molecule has 0 fully saturated rings. The molecule has 0 atom stereocenters. The Morgan fingerprint density at radius 2 is 1.93 bits per heavy atom. The maximum atomic E-state index is 5.44. The van der Waals surface area contributed by atoms with Crippen molar-refractivity contribution in [3.8, 4) is 11.3 Å². The van der Waals surface area contributed by atoms with E-state index in [9.17, 15) is 0 Å². The average molecular weight is 201 g/mol. The average Bonchev–Trinajstić information content (AvgIpc) is 2.66. The Bertz CT molecular complexity index is 417. The van der Waals surface area contributed by atoms with E-state index < -0.39 is 0 Å². The van der Waals surface area contributed by atoms with Crippen LogP contribution in [0.4, 0.5) is 0 Å². The van der Waals surface area contributed by atoms with Crippen molar-refractivity contribution in [3.05, 3.63) is 42.4 Å².